The number of halogens is 1. The molecule has 8 heteroatoms. The highest BCUT2D eigenvalue weighted by Crippen LogP contribution is 2.15. The van der Waals surface area contributed by atoms with E-state index in [-0.39, 0.29) is 12.5 Å². The number of amides is 3. The summed E-state index contributed by atoms with van der Waals surface area (Å²) in [5, 5.41) is 2.58. The van der Waals surface area contributed by atoms with Crippen LogP contribution in [0.2, 0.25) is 0 Å². The maximum Gasteiger partial charge on any atom is 0.408 e. The molecule has 0 aliphatic rings. The molecule has 0 unspecified atom stereocenters. The second-order valence-electron chi connectivity index (χ2n) is 6.49. The molecule has 0 saturated carbocycles. The topological polar surface area (TPSA) is 96.5 Å². The second-order valence-corrected chi connectivity index (χ2v) is 7.35. The largest absolute Gasteiger partial charge is 0.445 e. The number of ether oxygens (including phenoxy) is 1. The van der Waals surface area contributed by atoms with E-state index in [2.05, 4.69) is 32.1 Å². The van der Waals surface area contributed by atoms with Crippen molar-refractivity contribution in [3.05, 3.63) is 70.2 Å². The normalized spacial score (nSPS) is 12.4. The summed E-state index contributed by atoms with van der Waals surface area (Å²) in [6.45, 7) is 3.83. The Balaban J connectivity index is 1.92. The Labute approximate surface area is 178 Å². The van der Waals surface area contributed by atoms with Crippen LogP contribution in [0.5, 0.6) is 0 Å². The van der Waals surface area contributed by atoms with Crippen LogP contribution in [0.15, 0.2) is 59.1 Å². The average Bonchev–Trinajstić information content (AvgIpc) is 2.74. The summed E-state index contributed by atoms with van der Waals surface area (Å²) in [4.78, 5) is 37.0. The van der Waals surface area contributed by atoms with Crippen molar-refractivity contribution >= 4 is 33.8 Å². The van der Waals surface area contributed by atoms with E-state index in [1.165, 1.54) is 0 Å². The summed E-state index contributed by atoms with van der Waals surface area (Å²) in [7, 11) is 0. The molecule has 0 heterocycles. The number of hydrazine groups is 1. The van der Waals surface area contributed by atoms with Gasteiger partial charge in [0.1, 0.15) is 12.6 Å². The molecule has 0 fully saturated rings. The Hall–Kier alpha value is -2.87. The van der Waals surface area contributed by atoms with Gasteiger partial charge in [-0.05, 0) is 39.5 Å². The fourth-order valence-corrected chi connectivity index (χ4v) is 2.97. The van der Waals surface area contributed by atoms with Gasteiger partial charge in [0, 0.05) is 4.47 Å². The maximum atomic E-state index is 12.6. The number of hydrogen-bond acceptors (Lipinski definition) is 4. The minimum atomic E-state index is -0.859. The fraction of sp³-hybridized carbons (Fsp3) is 0.286. The highest BCUT2D eigenvalue weighted by Gasteiger charge is 2.27. The molecule has 0 spiro atoms. The van der Waals surface area contributed by atoms with Crippen molar-refractivity contribution in [2.24, 2.45) is 5.92 Å². The molecule has 2 rings (SSSR count). The number of rotatable bonds is 7. The van der Waals surface area contributed by atoms with Crippen molar-refractivity contribution in [1.29, 1.82) is 0 Å². The molecule has 3 N–H and O–H groups in total. The van der Waals surface area contributed by atoms with Crippen LogP contribution in [-0.2, 0) is 16.1 Å². The molecule has 0 aliphatic heterocycles. The van der Waals surface area contributed by atoms with Crippen molar-refractivity contribution in [2.45, 2.75) is 32.9 Å². The lowest BCUT2D eigenvalue weighted by molar-refractivity contribution is -0.125. The molecule has 7 nitrogen and oxygen atoms in total. The average molecular weight is 462 g/mol. The van der Waals surface area contributed by atoms with E-state index in [1.807, 2.05) is 44.2 Å². The van der Waals surface area contributed by atoms with Gasteiger partial charge in [-0.25, -0.2) is 4.79 Å². The Bertz CT molecular complexity index is 845. The molecule has 2 aromatic rings. The van der Waals surface area contributed by atoms with E-state index in [4.69, 9.17) is 4.74 Å². The lowest BCUT2D eigenvalue weighted by atomic mass is 9.99. The van der Waals surface area contributed by atoms with Crippen molar-refractivity contribution < 1.29 is 19.1 Å². The summed E-state index contributed by atoms with van der Waals surface area (Å²) in [5.41, 5.74) is 5.96. The van der Waals surface area contributed by atoms with E-state index in [9.17, 15) is 14.4 Å². The molecule has 0 aromatic heterocycles. The smallest absolute Gasteiger partial charge is 0.408 e. The van der Waals surface area contributed by atoms with Crippen LogP contribution in [0, 0.1) is 5.92 Å². The van der Waals surface area contributed by atoms with Crippen LogP contribution < -0.4 is 16.2 Å². The minimum absolute atomic E-state index is 0.0975. The third-order valence-corrected chi connectivity index (χ3v) is 5.09. The fourth-order valence-electron chi connectivity index (χ4n) is 2.50. The van der Waals surface area contributed by atoms with Gasteiger partial charge >= 0.3 is 6.09 Å². The van der Waals surface area contributed by atoms with Gasteiger partial charge < -0.3 is 10.1 Å². The number of carbonyl (C=O) groups excluding carboxylic acids is 3. The molecule has 3 amide bonds. The summed E-state index contributed by atoms with van der Waals surface area (Å²) in [6, 6.07) is 15.2. The molecule has 0 bridgehead atoms. The zero-order valence-corrected chi connectivity index (χ0v) is 17.9. The first-order chi connectivity index (χ1) is 13.9. The van der Waals surface area contributed by atoms with Crippen LogP contribution in [0.25, 0.3) is 0 Å². The van der Waals surface area contributed by atoms with Crippen LogP contribution in [0.3, 0.4) is 0 Å². The Morgan fingerprint density at radius 2 is 1.66 bits per heavy atom. The first kappa shape index (κ1) is 22.4. The van der Waals surface area contributed by atoms with E-state index < -0.39 is 23.9 Å². The van der Waals surface area contributed by atoms with Crippen molar-refractivity contribution in [3.8, 4) is 0 Å². The van der Waals surface area contributed by atoms with Crippen LogP contribution in [0.4, 0.5) is 4.79 Å². The summed E-state index contributed by atoms with van der Waals surface area (Å²) < 4.78 is 5.79. The highest BCUT2D eigenvalue weighted by molar-refractivity contribution is 9.10. The number of nitrogens with one attached hydrogen (secondary N) is 3. The monoisotopic (exact) mass is 461 g/mol. The second kappa shape index (κ2) is 11.2. The van der Waals surface area contributed by atoms with Crippen molar-refractivity contribution in [3.63, 3.8) is 0 Å². The van der Waals surface area contributed by atoms with Crippen LogP contribution in [-0.4, -0.2) is 23.9 Å². The number of hydrogen-bond donors (Lipinski definition) is 3. The Morgan fingerprint density at radius 3 is 2.31 bits per heavy atom. The Morgan fingerprint density at radius 1 is 1.00 bits per heavy atom. The molecule has 2 atom stereocenters. The third kappa shape index (κ3) is 6.90. The zero-order valence-electron chi connectivity index (χ0n) is 16.3. The van der Waals surface area contributed by atoms with Gasteiger partial charge in [-0.2, -0.15) is 0 Å². The first-order valence-electron chi connectivity index (χ1n) is 9.24. The minimum Gasteiger partial charge on any atom is -0.445 e. The maximum absolute atomic E-state index is 12.6. The summed E-state index contributed by atoms with van der Waals surface area (Å²) in [5.74, 6) is -1.17. The summed E-state index contributed by atoms with van der Waals surface area (Å²) >= 11 is 3.29. The van der Waals surface area contributed by atoms with Gasteiger partial charge in [-0.15, -0.1) is 0 Å². The van der Waals surface area contributed by atoms with Gasteiger partial charge in [0.2, 0.25) is 0 Å². The molecule has 29 heavy (non-hydrogen) atoms. The number of benzene rings is 2. The lowest BCUT2D eigenvalue weighted by Gasteiger charge is -2.23. The zero-order chi connectivity index (χ0) is 21.2. The summed E-state index contributed by atoms with van der Waals surface area (Å²) in [6.07, 6.45) is -0.0543. The van der Waals surface area contributed by atoms with Gasteiger partial charge in [0.05, 0.1) is 5.56 Å². The van der Waals surface area contributed by atoms with E-state index in [1.54, 1.807) is 24.3 Å². The Kier molecular flexibility index (Phi) is 8.67. The van der Waals surface area contributed by atoms with Crippen LogP contribution >= 0.6 is 15.9 Å². The standard InChI is InChI=1S/C21H24BrN3O4/c1-3-14(2)18(23-21(28)29-13-15-9-5-4-6-10-15)20(27)25-24-19(26)16-11-7-8-12-17(16)22/h4-12,14,18H,3,13H2,1-2H3,(H,23,28)(H,24,26)(H,25,27)/t14-,18-/m1/s1. The lowest BCUT2D eigenvalue weighted by Crippen LogP contribution is -2.54. The van der Waals surface area contributed by atoms with Crippen molar-refractivity contribution in [1.82, 2.24) is 16.2 Å². The molecule has 0 saturated heterocycles. The predicted molar refractivity (Wildman–Crippen MR) is 113 cm³/mol. The SMILES string of the molecule is CC[C@@H](C)[C@@H](NC(=O)OCc1ccccc1)C(=O)NNC(=O)c1ccccc1Br. The molecule has 2 aromatic carbocycles. The quantitative estimate of drug-likeness (QED) is 0.549. The van der Waals surface area contributed by atoms with E-state index >= 15 is 0 Å². The molecule has 154 valence electrons. The molecular formula is C21H24BrN3O4. The molecule has 0 radical (unpaired) electrons. The first-order valence-corrected chi connectivity index (χ1v) is 10.0. The van der Waals surface area contributed by atoms with Gasteiger partial charge in [-0.3, -0.25) is 20.4 Å². The molecular weight excluding hydrogens is 438 g/mol. The number of carbonyl (C=O) groups is 3. The van der Waals surface area contributed by atoms with Gasteiger partial charge in [0.25, 0.3) is 11.8 Å². The van der Waals surface area contributed by atoms with Gasteiger partial charge in [-0.1, -0.05) is 62.7 Å². The van der Waals surface area contributed by atoms with Gasteiger partial charge in [0.15, 0.2) is 0 Å². The van der Waals surface area contributed by atoms with E-state index in [0.29, 0.717) is 16.5 Å². The number of alkyl carbamates (subject to hydrolysis) is 1. The highest BCUT2D eigenvalue weighted by atomic mass is 79.9. The third-order valence-electron chi connectivity index (χ3n) is 4.40. The van der Waals surface area contributed by atoms with Crippen molar-refractivity contribution in [2.75, 3.05) is 0 Å². The molecule has 0 aliphatic carbocycles. The van der Waals surface area contributed by atoms with E-state index in [0.717, 1.165) is 5.56 Å². The van der Waals surface area contributed by atoms with Crippen LogP contribution in [0.1, 0.15) is 36.2 Å². The predicted octanol–water partition coefficient (Wildman–Crippen LogP) is 3.55.